The minimum Gasteiger partial charge on any atom is -0.399 e. The van der Waals surface area contributed by atoms with Crippen molar-refractivity contribution >= 4 is 11.4 Å². The number of halogens is 2. The van der Waals surface area contributed by atoms with Gasteiger partial charge in [0.1, 0.15) is 13.3 Å². The van der Waals surface area contributed by atoms with E-state index in [1.807, 2.05) is 0 Å². The van der Waals surface area contributed by atoms with Crippen molar-refractivity contribution in [1.82, 2.24) is 0 Å². The number of non-ortho nitro benzene ring substituents is 1. The molecule has 4 nitrogen and oxygen atoms in total. The zero-order valence-corrected chi connectivity index (χ0v) is 40.7. The Bertz CT molecular complexity index is 4720. The number of hydrogen-bond donors (Lipinski definition) is 1. The summed E-state index contributed by atoms with van der Waals surface area (Å²) in [6.45, 7) is 0.581. The first-order valence-electron chi connectivity index (χ1n) is 20.6. The van der Waals surface area contributed by atoms with E-state index in [-0.39, 0.29) is 20.5 Å². The predicted octanol–water partition coefficient (Wildman–Crippen LogP) is 5.81. The minimum atomic E-state index is -0.665. The van der Waals surface area contributed by atoms with Gasteiger partial charge in [-0.15, -0.1) is 6.42 Å². The lowest BCUT2D eigenvalue weighted by Crippen LogP contribution is -1.88. The lowest BCUT2D eigenvalue weighted by molar-refractivity contribution is -0.384. The van der Waals surface area contributed by atoms with Crippen molar-refractivity contribution in [3.63, 3.8) is 0 Å². The number of nitrogen functional groups attached to an aromatic ring is 1. The van der Waals surface area contributed by atoms with Crippen LogP contribution in [0.15, 0.2) is 48.5 Å². The zero-order chi connectivity index (χ0) is 57.3. The fourth-order valence-corrected chi connectivity index (χ4v) is 3.18. The van der Waals surface area contributed by atoms with E-state index in [1.54, 1.807) is 31.2 Å². The van der Waals surface area contributed by atoms with E-state index in [4.69, 9.17) is 12.2 Å². The molecule has 81 heavy (non-hydrogen) atoms. The third-order valence-corrected chi connectivity index (χ3v) is 5.95. The van der Waals surface area contributed by atoms with Crippen molar-refractivity contribution in [1.29, 1.82) is 0 Å². The monoisotopic (exact) mass is 1020 g/mol. The van der Waals surface area contributed by atoms with Gasteiger partial charge < -0.3 is 5.73 Å². The van der Waals surface area contributed by atoms with Crippen molar-refractivity contribution in [2.75, 3.05) is 5.73 Å². The molecule has 0 radical (unpaired) electrons. The molecule has 0 aliphatic rings. The Morgan fingerprint density at radius 1 is 0.358 bits per heavy atom. The second kappa shape index (κ2) is 59.1. The van der Waals surface area contributed by atoms with E-state index < -0.39 is 18.3 Å². The number of anilines is 1. The van der Waals surface area contributed by atoms with Crippen LogP contribution >= 0.6 is 0 Å². The van der Waals surface area contributed by atoms with Crippen molar-refractivity contribution in [2.24, 2.45) is 0 Å². The molecule has 0 atom stereocenters. The highest BCUT2D eigenvalue weighted by Gasteiger charge is 2.04. The van der Waals surface area contributed by atoms with E-state index in [0.29, 0.717) is 16.8 Å². The van der Waals surface area contributed by atoms with Gasteiger partial charge in [0.25, 0.3) is 5.69 Å². The smallest absolute Gasteiger partial charge is 0.269 e. The summed E-state index contributed by atoms with van der Waals surface area (Å²) in [5, 5.41) is 10.2. The van der Waals surface area contributed by atoms with Gasteiger partial charge in [-0.05, 0) is 125 Å². The molecule has 0 unspecified atom stereocenters. The van der Waals surface area contributed by atoms with E-state index in [1.165, 1.54) is 24.3 Å². The van der Waals surface area contributed by atoms with E-state index in [0.717, 1.165) is 0 Å². The number of nitro benzene ring substituents is 1. The maximum Gasteiger partial charge on any atom is 0.269 e. The van der Waals surface area contributed by atoms with Crippen LogP contribution in [0.25, 0.3) is 0 Å². The second-order valence-corrected chi connectivity index (χ2v) is 11.2. The Kier molecular flexibility index (Phi) is 51.0. The van der Waals surface area contributed by atoms with Crippen LogP contribution < -0.4 is 5.73 Å². The fraction of sp³-hybridized carbons (Fsp3) is 0.0667. The normalized spacial score (nSPS) is 5.21. The standard InChI is InChI=1S/C59H4.C7H6FNO2.C7H8FN.2CH4/c1-3-5-7-9-11-13-15-17-19-21-23-25-27-29-31-33-35-37-39-41-43-45-47-49-51-53-55-57-59-58-56-54-52-50-48-46-44-42-40-38-36-34-32-30-28-26-24-22-20-18-16-14-12-10-8-6-4-2;8-5-6-2-1-3-7(4-6)9(10)11;8-5-6-2-1-3-7(9)4-6;;/h1H,2H3;1-4H,5H2;1-4H,5,9H2;2*1H4. The van der Waals surface area contributed by atoms with Gasteiger partial charge in [0.15, 0.2) is 0 Å². The number of nitrogens with zero attached hydrogens (tertiary/aromatic N) is 1. The van der Waals surface area contributed by atoms with Crippen LogP contribution in [0.2, 0.25) is 0 Å². The van der Waals surface area contributed by atoms with E-state index in [9.17, 15) is 18.9 Å². The Morgan fingerprint density at radius 2 is 0.556 bits per heavy atom. The van der Waals surface area contributed by atoms with Crippen LogP contribution in [0.5, 0.6) is 0 Å². The van der Waals surface area contributed by atoms with Crippen molar-refractivity contribution in [2.45, 2.75) is 35.1 Å². The average Bonchev–Trinajstić information content (AvgIpc) is 3.46. The number of hydrogen-bond acceptors (Lipinski definition) is 3. The quantitative estimate of drug-likeness (QED) is 0.183. The summed E-state index contributed by atoms with van der Waals surface area (Å²) in [5.74, 6) is 142. The summed E-state index contributed by atoms with van der Waals surface area (Å²) in [7, 11) is 0. The molecule has 2 rings (SSSR count). The first kappa shape index (κ1) is 70.0. The maximum atomic E-state index is 11.9. The molecule has 6 heteroatoms. The molecule has 362 valence electrons. The second-order valence-electron chi connectivity index (χ2n) is 11.2. The molecule has 0 saturated carbocycles. The molecule has 0 aliphatic carbocycles. The maximum absolute atomic E-state index is 11.9. The van der Waals surface area contributed by atoms with Gasteiger partial charge in [-0.25, -0.2) is 8.78 Å². The summed E-state index contributed by atoms with van der Waals surface area (Å²) in [6.07, 6.45) is 4.94. The Labute approximate surface area is 477 Å². The first-order valence-corrected chi connectivity index (χ1v) is 20.6. The van der Waals surface area contributed by atoms with E-state index >= 15 is 0 Å². The molecule has 0 spiro atoms. The van der Waals surface area contributed by atoms with Gasteiger partial charge in [0, 0.05) is 255 Å². The van der Waals surface area contributed by atoms with Crippen molar-refractivity contribution < 1.29 is 13.7 Å². The lowest BCUT2D eigenvalue weighted by Gasteiger charge is -1.93. The number of alkyl halides is 2. The Hall–Kier alpha value is -15.3. The summed E-state index contributed by atoms with van der Waals surface area (Å²) in [6, 6.07) is 12.3. The molecule has 2 aromatic rings. The number of nitro groups is 1. The first-order chi connectivity index (χ1) is 39.0. The SMILES string of the molecule is C.C.C#CC#CC#CC#CC#CC#CC#CC#CC#CC#CC#CC#CC#CC#CC#CC#CC#CC#CC#CC#CC#CC#CC#CC#CC#CC#CC#CC#CC#CC.Nc1cccc(CF)c1.O=[N+]([O-])c1cccc(CF)c1. The van der Waals surface area contributed by atoms with Crippen LogP contribution in [-0.4, -0.2) is 4.92 Å². The highest BCUT2D eigenvalue weighted by molar-refractivity contribution is 5.52. The van der Waals surface area contributed by atoms with E-state index in [2.05, 4.69) is 337 Å². The molecule has 0 heterocycles. The Balaban J connectivity index is -0.00000228. The average molecular weight is 1030 g/mol. The van der Waals surface area contributed by atoms with Gasteiger partial charge in [-0.2, -0.15) is 0 Å². The molecule has 0 amide bonds. The topological polar surface area (TPSA) is 69.2 Å². The molecule has 0 fully saturated rings. The summed E-state index contributed by atoms with van der Waals surface area (Å²) in [5.41, 5.74) is 6.88. The van der Waals surface area contributed by atoms with Crippen LogP contribution in [-0.2, 0) is 13.3 Å². The highest BCUT2D eigenvalue weighted by atomic mass is 19.1. The van der Waals surface area contributed by atoms with Crippen LogP contribution in [0.4, 0.5) is 20.2 Å². The summed E-state index contributed by atoms with van der Waals surface area (Å²) >= 11 is 0. The zero-order valence-electron chi connectivity index (χ0n) is 40.7. The Morgan fingerprint density at radius 3 is 0.728 bits per heavy atom. The molecule has 0 saturated heterocycles. The number of nitrogens with two attached hydrogens (primary N) is 1. The fourth-order valence-electron chi connectivity index (χ4n) is 3.18. The predicted molar refractivity (Wildman–Crippen MR) is 319 cm³/mol. The molecular weight excluding hydrogens is 999 g/mol. The van der Waals surface area contributed by atoms with Crippen molar-refractivity contribution in [3.05, 3.63) is 69.8 Å². The molecule has 0 aliphatic heterocycles. The molecule has 2 aromatic carbocycles. The number of rotatable bonds is 3. The van der Waals surface area contributed by atoms with Gasteiger partial charge in [0.2, 0.25) is 0 Å². The van der Waals surface area contributed by atoms with Gasteiger partial charge in [-0.3, -0.25) is 10.1 Å². The van der Waals surface area contributed by atoms with Crippen LogP contribution in [0.1, 0.15) is 32.9 Å². The molecule has 0 aromatic heterocycles. The van der Waals surface area contributed by atoms with Crippen LogP contribution in [0.3, 0.4) is 0 Å². The minimum absolute atomic E-state index is 0. The van der Waals surface area contributed by atoms with Gasteiger partial charge >= 0.3 is 0 Å². The van der Waals surface area contributed by atoms with Gasteiger partial charge in [0.05, 0.1) is 4.92 Å². The highest BCUT2D eigenvalue weighted by Crippen LogP contribution is 2.13. The lowest BCUT2D eigenvalue weighted by atomic mass is 10.2. The molecule has 2 N–H and O–H groups in total. The third kappa shape index (κ3) is 53.9. The number of terminal acetylenes is 1. The molecule has 0 bridgehead atoms. The third-order valence-electron chi connectivity index (χ3n) is 5.95. The van der Waals surface area contributed by atoms with Crippen LogP contribution in [0, 0.1) is 354 Å². The summed E-state index contributed by atoms with van der Waals surface area (Å²) < 4.78 is 23.8. The largest absolute Gasteiger partial charge is 0.399 e. The molecular formula is C75H26F2N2O2. The van der Waals surface area contributed by atoms with Crippen molar-refractivity contribution in [3.8, 4) is 344 Å². The summed E-state index contributed by atoms with van der Waals surface area (Å²) in [4.78, 5) is 9.61. The van der Waals surface area contributed by atoms with Gasteiger partial charge in [-0.1, -0.05) is 45.0 Å². The number of benzene rings is 2.